The second-order valence-corrected chi connectivity index (χ2v) is 18.7. The van der Waals surface area contributed by atoms with Gasteiger partial charge in [-0.3, -0.25) is 29.0 Å². The molecule has 0 saturated heterocycles. The lowest BCUT2D eigenvalue weighted by Gasteiger charge is -2.17. The molecular formula is C43H47IN12O8S2. The highest BCUT2D eigenvalue weighted by molar-refractivity contribution is 14.1. The number of sulfonamides is 2. The lowest BCUT2D eigenvalue weighted by atomic mass is 10.1. The van der Waals surface area contributed by atoms with E-state index in [0.29, 0.717) is 20.2 Å². The van der Waals surface area contributed by atoms with E-state index >= 15 is 0 Å². The second kappa shape index (κ2) is 23.0. The van der Waals surface area contributed by atoms with Crippen LogP contribution in [0.4, 0.5) is 11.4 Å². The van der Waals surface area contributed by atoms with Crippen LogP contribution in [0.2, 0.25) is 0 Å². The summed E-state index contributed by atoms with van der Waals surface area (Å²) in [5.74, 6) is 0.758. The number of carbonyl (C=O) groups is 4. The van der Waals surface area contributed by atoms with Gasteiger partial charge in [-0.15, -0.1) is 11.5 Å². The van der Waals surface area contributed by atoms with E-state index in [0.717, 1.165) is 31.9 Å². The number of nitrogens with zero attached hydrogens (tertiary/aromatic N) is 10. The molecule has 7 rings (SSSR count). The number of imide groups is 2. The summed E-state index contributed by atoms with van der Waals surface area (Å²) in [6.45, 7) is 0.537. The summed E-state index contributed by atoms with van der Waals surface area (Å²) in [4.78, 5) is 53.9. The van der Waals surface area contributed by atoms with Gasteiger partial charge < -0.3 is 9.80 Å². The van der Waals surface area contributed by atoms with Crippen LogP contribution in [0.15, 0.2) is 112 Å². The molecule has 3 heterocycles. The molecule has 0 bridgehead atoms. The molecule has 1 aromatic heterocycles. The minimum absolute atomic E-state index is 0. The molecule has 2 aliphatic heterocycles. The van der Waals surface area contributed by atoms with E-state index in [2.05, 4.69) is 35.7 Å². The highest BCUT2D eigenvalue weighted by Gasteiger charge is 2.27. The molecule has 0 fully saturated rings. The Morgan fingerprint density at radius 2 is 1.15 bits per heavy atom. The summed E-state index contributed by atoms with van der Waals surface area (Å²) in [7, 11) is 0.205. The molecule has 20 nitrogen and oxygen atoms in total. The molecule has 346 valence electrons. The Balaban J connectivity index is 0.000000247. The first-order valence-corrected chi connectivity index (χ1v) is 23.4. The van der Waals surface area contributed by atoms with Crippen molar-refractivity contribution in [3.63, 3.8) is 0 Å². The Morgan fingerprint density at radius 3 is 1.61 bits per heavy atom. The van der Waals surface area contributed by atoms with Crippen LogP contribution in [-0.4, -0.2) is 120 Å². The predicted octanol–water partition coefficient (Wildman–Crippen LogP) is 4.18. The van der Waals surface area contributed by atoms with E-state index in [1.165, 1.54) is 29.0 Å². The number of halogens is 1. The molecule has 23 heteroatoms. The molecule has 2 aliphatic rings. The fourth-order valence-electron chi connectivity index (χ4n) is 6.49. The molecule has 0 saturated carbocycles. The molecule has 0 aliphatic carbocycles. The number of carbonyl (C=O) groups excluding carboxylic acids is 4. The first kappa shape index (κ1) is 51.9. The van der Waals surface area contributed by atoms with Crippen LogP contribution in [0, 0.1) is 16.0 Å². The Hall–Kier alpha value is -6.68. The topological polar surface area (TPSA) is 253 Å². The summed E-state index contributed by atoms with van der Waals surface area (Å²) in [5.41, 5.74) is 10.6. The molecule has 66 heavy (non-hydrogen) atoms. The molecule has 4 amide bonds. The Kier molecular flexibility index (Phi) is 18.1. The number of azide groups is 1. The number of terminal acetylenes is 1. The van der Waals surface area contributed by atoms with Crippen LogP contribution in [0.1, 0.15) is 13.1 Å². The highest BCUT2D eigenvalue weighted by Crippen LogP contribution is 2.31. The third-order valence-electron chi connectivity index (χ3n) is 9.54. The van der Waals surface area contributed by atoms with Gasteiger partial charge in [0.05, 0.1) is 29.4 Å². The van der Waals surface area contributed by atoms with Crippen molar-refractivity contribution in [2.75, 3.05) is 64.2 Å². The van der Waals surface area contributed by atoms with Crippen LogP contribution in [0.3, 0.4) is 0 Å². The summed E-state index contributed by atoms with van der Waals surface area (Å²) in [5, 5.41) is 14.4. The molecule has 0 atom stereocenters. The van der Waals surface area contributed by atoms with Gasteiger partial charge in [-0.2, -0.15) is 0 Å². The maximum Gasteiger partial charge on any atom is 0.254 e. The number of nitrogens with one attached hydrogen (secondary N) is 2. The summed E-state index contributed by atoms with van der Waals surface area (Å²) >= 11 is 2.02. The number of hydrogen-bond donors (Lipinski definition) is 2. The molecule has 2 N–H and O–H groups in total. The molecule has 4 aromatic carbocycles. The Labute approximate surface area is 396 Å². The van der Waals surface area contributed by atoms with E-state index in [9.17, 15) is 36.0 Å². The number of aromatic nitrogens is 3. The van der Waals surface area contributed by atoms with Crippen molar-refractivity contribution in [2.24, 2.45) is 5.11 Å². The Morgan fingerprint density at radius 1 is 0.712 bits per heavy atom. The van der Waals surface area contributed by atoms with E-state index in [-0.39, 0.29) is 68.3 Å². The maximum absolute atomic E-state index is 13.0. The lowest BCUT2D eigenvalue weighted by Crippen LogP contribution is -2.30. The van der Waals surface area contributed by atoms with E-state index in [4.69, 9.17) is 12.0 Å². The van der Waals surface area contributed by atoms with Crippen LogP contribution >= 0.6 is 22.6 Å². The van der Waals surface area contributed by atoms with Crippen LogP contribution in [0.5, 0.6) is 0 Å². The summed E-state index contributed by atoms with van der Waals surface area (Å²) < 4.78 is 58.2. The largest absolute Gasteiger partial charge is 0.377 e. The fourth-order valence-corrected chi connectivity index (χ4v) is 9.58. The Bertz CT molecular complexity index is 3000. The average Bonchev–Trinajstić information content (AvgIpc) is 3.91. The number of benzene rings is 4. The first-order valence-electron chi connectivity index (χ1n) is 19.4. The molecule has 0 radical (unpaired) electrons. The average molecular weight is 1050 g/mol. The zero-order chi connectivity index (χ0) is 47.5. The molecular weight excluding hydrogens is 1000 g/mol. The maximum atomic E-state index is 13.0. The number of fused-ring (bicyclic) bond motifs is 2. The van der Waals surface area contributed by atoms with Gasteiger partial charge in [-0.05, 0) is 52.4 Å². The third kappa shape index (κ3) is 12.4. The summed E-state index contributed by atoms with van der Waals surface area (Å²) in [6, 6.07) is 21.5. The zero-order valence-electron chi connectivity index (χ0n) is 35.5. The predicted molar refractivity (Wildman–Crippen MR) is 260 cm³/mol. The minimum atomic E-state index is -3.78. The summed E-state index contributed by atoms with van der Waals surface area (Å²) in [6.07, 6.45) is 9.75. The van der Waals surface area contributed by atoms with Crippen molar-refractivity contribution in [3.05, 3.63) is 117 Å². The van der Waals surface area contributed by atoms with Crippen molar-refractivity contribution < 1.29 is 36.0 Å². The quantitative estimate of drug-likeness (QED) is 0.0285. The van der Waals surface area contributed by atoms with Gasteiger partial charge in [0, 0.05) is 110 Å². The van der Waals surface area contributed by atoms with Crippen molar-refractivity contribution in [1.82, 2.24) is 34.2 Å². The van der Waals surface area contributed by atoms with E-state index in [1.54, 1.807) is 36.4 Å². The zero-order valence-corrected chi connectivity index (χ0v) is 39.3. The smallest absolute Gasteiger partial charge is 0.254 e. The van der Waals surface area contributed by atoms with Crippen molar-refractivity contribution in [2.45, 2.75) is 30.3 Å². The SMILES string of the molecule is C.C#CCN1C(=O)C=CC1=O.CN(C)c1cccc2c(S(=O)(=O)NCCN=[N+]=[N-])cccc12.CN(C)c1cccc2c(S(=O)(=O)NCCn3nnc(CN4C(=O)C=CC4=O)c3I)cccc12. The monoisotopic (exact) mass is 1050 g/mol. The van der Waals surface area contributed by atoms with Gasteiger partial charge in [0.2, 0.25) is 20.0 Å². The van der Waals surface area contributed by atoms with Gasteiger partial charge in [0.15, 0.2) is 0 Å². The van der Waals surface area contributed by atoms with Gasteiger partial charge in [-0.1, -0.05) is 72.2 Å². The number of amides is 4. The number of hydrogen-bond acceptors (Lipinski definition) is 13. The van der Waals surface area contributed by atoms with E-state index in [1.807, 2.05) is 97.0 Å². The van der Waals surface area contributed by atoms with Gasteiger partial charge in [0.1, 0.15) is 9.39 Å². The molecule has 0 unspecified atom stereocenters. The highest BCUT2D eigenvalue weighted by atomic mass is 127. The van der Waals surface area contributed by atoms with Crippen molar-refractivity contribution in [1.29, 1.82) is 0 Å². The van der Waals surface area contributed by atoms with Crippen molar-refractivity contribution in [3.8, 4) is 12.3 Å². The number of rotatable bonds is 15. The molecule has 5 aromatic rings. The van der Waals surface area contributed by atoms with Crippen LogP contribution in [0.25, 0.3) is 32.0 Å². The van der Waals surface area contributed by atoms with Crippen LogP contribution in [-0.2, 0) is 52.3 Å². The van der Waals surface area contributed by atoms with Gasteiger partial charge in [0.25, 0.3) is 23.6 Å². The third-order valence-corrected chi connectivity index (χ3v) is 13.8. The van der Waals surface area contributed by atoms with Crippen LogP contribution < -0.4 is 19.2 Å². The molecule has 0 spiro atoms. The van der Waals surface area contributed by atoms with E-state index < -0.39 is 31.9 Å². The second-order valence-electron chi connectivity index (χ2n) is 14.2. The number of anilines is 2. The van der Waals surface area contributed by atoms with Crippen molar-refractivity contribution >= 4 is 99.2 Å². The minimum Gasteiger partial charge on any atom is -0.377 e. The van der Waals surface area contributed by atoms with Gasteiger partial charge >= 0.3 is 0 Å². The fraction of sp³-hybridized carbons (Fsp3) is 0.256. The first-order chi connectivity index (χ1) is 30.9. The van der Waals surface area contributed by atoms with Gasteiger partial charge in [-0.25, -0.2) is 31.0 Å². The normalized spacial score (nSPS) is 13.2. The standard InChI is InChI=1S/C21H21IN6O4S.C14H17N5O2S.C7H5NO2.CH4/c1-26(2)17-7-3-6-15-14(17)5-4-8-18(15)33(31,32)23-11-12-28-21(22)16(24-25-28)13-27-19(29)9-10-20(27)30;1-19(2)13-7-3-6-12-11(13)5-4-8-14(12)22(20,21)17-10-9-16-18-15;1-2-5-8-6(9)3-4-7(8)10;/h3-10,23H,11-13H2,1-2H3;3-8,17H,9-10H2,1-2H3;1,3-4H,5H2;1H4. The lowest BCUT2D eigenvalue weighted by molar-refractivity contribution is -0.138.